The Morgan fingerprint density at radius 3 is 1.98 bits per heavy atom. The third kappa shape index (κ3) is 3.11. The van der Waals surface area contributed by atoms with Crippen LogP contribution < -0.4 is 4.90 Å². The lowest BCUT2D eigenvalue weighted by Gasteiger charge is -2.39. The molecule has 0 amide bonds. The molecule has 2 aromatic heterocycles. The van der Waals surface area contributed by atoms with Crippen LogP contribution in [0.5, 0.6) is 0 Å². The van der Waals surface area contributed by atoms with E-state index in [2.05, 4.69) is 143 Å². The zero-order chi connectivity index (χ0) is 28.8. The van der Waals surface area contributed by atoms with Crippen LogP contribution in [0.3, 0.4) is 0 Å². The number of aromatic nitrogens is 1. The molecule has 3 nitrogen and oxygen atoms in total. The molecule has 1 aliphatic carbocycles. The Balaban J connectivity index is 1.33. The van der Waals surface area contributed by atoms with Crippen LogP contribution in [-0.4, -0.2) is 4.57 Å². The van der Waals surface area contributed by atoms with Gasteiger partial charge in [-0.15, -0.1) is 0 Å². The van der Waals surface area contributed by atoms with Crippen LogP contribution in [0.2, 0.25) is 0 Å². The summed E-state index contributed by atoms with van der Waals surface area (Å²) in [6.45, 7) is 0. The quantitative estimate of drug-likeness (QED) is 0.212. The maximum absolute atomic E-state index is 6.68. The van der Waals surface area contributed by atoms with Gasteiger partial charge in [-0.2, -0.15) is 0 Å². The Morgan fingerprint density at radius 2 is 1.23 bits per heavy atom. The molecule has 1 spiro atoms. The summed E-state index contributed by atoms with van der Waals surface area (Å²) in [6, 6.07) is 48.6. The van der Waals surface area contributed by atoms with Gasteiger partial charge in [-0.25, -0.2) is 0 Å². The molecule has 0 atom stereocenters. The van der Waals surface area contributed by atoms with Crippen molar-refractivity contribution < 1.29 is 4.42 Å². The van der Waals surface area contributed by atoms with Gasteiger partial charge in [-0.3, -0.25) is 0 Å². The second-order valence-corrected chi connectivity index (χ2v) is 12.5. The average molecular weight is 567 g/mol. The van der Waals surface area contributed by atoms with Gasteiger partial charge in [0.05, 0.1) is 22.1 Å². The van der Waals surface area contributed by atoms with Gasteiger partial charge in [0.25, 0.3) is 0 Å². The highest BCUT2D eigenvalue weighted by Gasteiger charge is 2.45. The predicted molar refractivity (Wildman–Crippen MR) is 182 cm³/mol. The standard InChI is InChI=1S/C41H30N2O/c1-3-13-27(14-4-1)42(28-15-5-2-6-16-28)29-21-22-36-33(25-29)41(23-11-12-24-41)34-26-32-30-17-8-10-20-37(30)44-40(32)38-31-18-7-9-19-35(31)43(36)39(34)38/h1-10,13-22,25-26H,11-12,23-24H2. The van der Waals surface area contributed by atoms with Crippen molar-refractivity contribution in [2.24, 2.45) is 0 Å². The predicted octanol–water partition coefficient (Wildman–Crippen LogP) is 11.3. The summed E-state index contributed by atoms with van der Waals surface area (Å²) in [7, 11) is 0. The zero-order valence-corrected chi connectivity index (χ0v) is 24.3. The fourth-order valence-electron chi connectivity index (χ4n) is 8.45. The summed E-state index contributed by atoms with van der Waals surface area (Å²) < 4.78 is 9.21. The number of anilines is 3. The average Bonchev–Trinajstić information content (AvgIpc) is 3.80. The van der Waals surface area contributed by atoms with E-state index in [1.54, 1.807) is 0 Å². The molecule has 2 aliphatic rings. The smallest absolute Gasteiger partial charge is 0.145 e. The molecule has 0 bridgehead atoms. The van der Waals surface area contributed by atoms with Crippen molar-refractivity contribution in [2.45, 2.75) is 31.1 Å². The van der Waals surface area contributed by atoms with Crippen molar-refractivity contribution in [3.63, 3.8) is 0 Å². The largest absolute Gasteiger partial charge is 0.455 e. The van der Waals surface area contributed by atoms with Gasteiger partial charge in [0, 0.05) is 38.6 Å². The van der Waals surface area contributed by atoms with Crippen LogP contribution in [-0.2, 0) is 5.41 Å². The van der Waals surface area contributed by atoms with E-state index < -0.39 is 0 Å². The van der Waals surface area contributed by atoms with E-state index in [1.807, 2.05) is 0 Å². The molecule has 6 aromatic carbocycles. The van der Waals surface area contributed by atoms with E-state index in [0.29, 0.717) is 0 Å². The van der Waals surface area contributed by atoms with Crippen LogP contribution in [0.15, 0.2) is 138 Å². The number of hydrogen-bond acceptors (Lipinski definition) is 2. The molecule has 210 valence electrons. The van der Waals surface area contributed by atoms with Gasteiger partial charge in [-0.1, -0.05) is 85.6 Å². The minimum Gasteiger partial charge on any atom is -0.455 e. The van der Waals surface area contributed by atoms with Crippen LogP contribution in [0.4, 0.5) is 17.1 Å². The number of fused-ring (bicyclic) bond motifs is 11. The van der Waals surface area contributed by atoms with Crippen molar-refractivity contribution in [3.05, 3.63) is 145 Å². The Kier molecular flexibility index (Phi) is 4.88. The van der Waals surface area contributed by atoms with Gasteiger partial charge < -0.3 is 13.9 Å². The van der Waals surface area contributed by atoms with Crippen molar-refractivity contribution in [3.8, 4) is 5.69 Å². The molecule has 3 heteroatoms. The van der Waals surface area contributed by atoms with Gasteiger partial charge in [-0.05, 0) is 84.6 Å². The molecule has 0 N–H and O–H groups in total. The molecule has 0 saturated heterocycles. The number of nitrogens with zero attached hydrogens (tertiary/aromatic N) is 2. The molecular weight excluding hydrogens is 536 g/mol. The minimum absolute atomic E-state index is 0.0560. The van der Waals surface area contributed by atoms with E-state index in [0.717, 1.165) is 35.4 Å². The van der Waals surface area contributed by atoms with E-state index in [9.17, 15) is 0 Å². The number of para-hydroxylation sites is 4. The highest BCUT2D eigenvalue weighted by molar-refractivity contribution is 6.25. The molecule has 0 unspecified atom stereocenters. The van der Waals surface area contributed by atoms with Crippen molar-refractivity contribution in [1.82, 2.24) is 4.57 Å². The van der Waals surface area contributed by atoms with E-state index >= 15 is 0 Å². The van der Waals surface area contributed by atoms with E-state index in [4.69, 9.17) is 4.42 Å². The molecule has 1 aliphatic heterocycles. The van der Waals surface area contributed by atoms with Crippen molar-refractivity contribution in [1.29, 1.82) is 0 Å². The Bertz CT molecular complexity index is 2350. The normalized spacial score (nSPS) is 15.1. The summed E-state index contributed by atoms with van der Waals surface area (Å²) in [5.74, 6) is 0. The number of hydrogen-bond donors (Lipinski definition) is 0. The lowest BCUT2D eigenvalue weighted by Crippen LogP contribution is -2.30. The lowest BCUT2D eigenvalue weighted by molar-refractivity contribution is 0.530. The van der Waals surface area contributed by atoms with Crippen molar-refractivity contribution in [2.75, 3.05) is 4.90 Å². The van der Waals surface area contributed by atoms with Gasteiger partial charge >= 0.3 is 0 Å². The first-order valence-electron chi connectivity index (χ1n) is 15.7. The van der Waals surface area contributed by atoms with Crippen LogP contribution >= 0.6 is 0 Å². The first-order valence-corrected chi connectivity index (χ1v) is 15.7. The molecule has 44 heavy (non-hydrogen) atoms. The topological polar surface area (TPSA) is 21.3 Å². The first-order chi connectivity index (χ1) is 21.8. The summed E-state index contributed by atoms with van der Waals surface area (Å²) in [5, 5.41) is 4.94. The lowest BCUT2D eigenvalue weighted by atomic mass is 9.69. The zero-order valence-electron chi connectivity index (χ0n) is 24.3. The Morgan fingerprint density at radius 1 is 0.568 bits per heavy atom. The summed E-state index contributed by atoms with van der Waals surface area (Å²) in [5.41, 5.74) is 12.2. The van der Waals surface area contributed by atoms with Gasteiger partial charge in [0.15, 0.2) is 0 Å². The monoisotopic (exact) mass is 566 g/mol. The van der Waals surface area contributed by atoms with E-state index in [-0.39, 0.29) is 5.41 Å². The molecule has 8 aromatic rings. The molecule has 0 radical (unpaired) electrons. The Hall–Kier alpha value is -5.28. The highest BCUT2D eigenvalue weighted by atomic mass is 16.3. The SMILES string of the molecule is c1ccc(N(c2ccccc2)c2ccc3c(c2)C2(CCCC2)c2cc4c5ccccc5oc4c4c5ccccc5n-3c24)cc1. The molecule has 1 fully saturated rings. The maximum Gasteiger partial charge on any atom is 0.145 e. The van der Waals surface area contributed by atoms with Gasteiger partial charge in [0.2, 0.25) is 0 Å². The first kappa shape index (κ1) is 24.2. The third-order valence-corrected chi connectivity index (χ3v) is 10.3. The highest BCUT2D eigenvalue weighted by Crippen LogP contribution is 2.57. The maximum atomic E-state index is 6.68. The summed E-state index contributed by atoms with van der Waals surface area (Å²) in [4.78, 5) is 2.40. The van der Waals surface area contributed by atoms with Crippen LogP contribution in [0.1, 0.15) is 36.8 Å². The number of benzene rings is 6. The van der Waals surface area contributed by atoms with Crippen molar-refractivity contribution >= 4 is 60.8 Å². The van der Waals surface area contributed by atoms with E-state index in [1.165, 1.54) is 67.9 Å². The second-order valence-electron chi connectivity index (χ2n) is 12.5. The number of furan rings is 1. The fraction of sp³-hybridized carbons (Fsp3) is 0.122. The summed E-state index contributed by atoms with van der Waals surface area (Å²) in [6.07, 6.45) is 4.77. The molecule has 3 heterocycles. The third-order valence-electron chi connectivity index (χ3n) is 10.3. The second kappa shape index (κ2) is 8.87. The van der Waals surface area contributed by atoms with Crippen LogP contribution in [0.25, 0.3) is 49.4 Å². The summed E-state index contributed by atoms with van der Waals surface area (Å²) >= 11 is 0. The fourth-order valence-corrected chi connectivity index (χ4v) is 8.45. The number of rotatable bonds is 3. The Labute approximate surface area is 255 Å². The van der Waals surface area contributed by atoms with Gasteiger partial charge in [0.1, 0.15) is 11.2 Å². The molecule has 1 saturated carbocycles. The molecule has 10 rings (SSSR count). The minimum atomic E-state index is -0.0560. The molecular formula is C41H30N2O. The van der Waals surface area contributed by atoms with Crippen LogP contribution in [0, 0.1) is 0 Å².